The lowest BCUT2D eigenvalue weighted by Crippen LogP contribution is -2.33. The highest BCUT2D eigenvalue weighted by molar-refractivity contribution is 5.92. The monoisotopic (exact) mass is 591 g/mol. The molecule has 0 bridgehead atoms. The minimum atomic E-state index is -4.83. The van der Waals surface area contributed by atoms with E-state index in [9.17, 15) is 36.2 Å². The van der Waals surface area contributed by atoms with Crippen molar-refractivity contribution in [1.82, 2.24) is 19.5 Å². The van der Waals surface area contributed by atoms with Gasteiger partial charge in [-0.3, -0.25) is 0 Å². The Hall–Kier alpha value is -4.67. The molecule has 14 heteroatoms. The molecular formula is C28H20F7N5O2. The van der Waals surface area contributed by atoms with Gasteiger partial charge in [0, 0.05) is 6.54 Å². The Bertz CT molecular complexity index is 1700. The minimum Gasteiger partial charge on any atom is -0.475 e. The second-order valence-electron chi connectivity index (χ2n) is 9.76. The van der Waals surface area contributed by atoms with Crippen LogP contribution in [0.2, 0.25) is 0 Å². The molecule has 1 aliphatic rings. The van der Waals surface area contributed by atoms with Crippen LogP contribution in [0.4, 0.5) is 36.6 Å². The molecule has 1 saturated carbocycles. The summed E-state index contributed by atoms with van der Waals surface area (Å²) in [5.74, 6) is -1.21. The van der Waals surface area contributed by atoms with Crippen LogP contribution in [0.5, 0.6) is 0 Å². The molecular weight excluding hydrogens is 571 g/mol. The van der Waals surface area contributed by atoms with Gasteiger partial charge in [-0.15, -0.1) is 6.42 Å². The van der Waals surface area contributed by atoms with Crippen LogP contribution in [-0.2, 0) is 18.9 Å². The lowest BCUT2D eigenvalue weighted by Gasteiger charge is -2.31. The van der Waals surface area contributed by atoms with Gasteiger partial charge in [0.1, 0.15) is 17.2 Å². The van der Waals surface area contributed by atoms with Crippen molar-refractivity contribution in [2.45, 2.75) is 44.2 Å². The summed E-state index contributed by atoms with van der Waals surface area (Å²) in [5, 5.41) is 12.6. The average molecular weight is 591 g/mol. The van der Waals surface area contributed by atoms with Crippen LogP contribution in [0.1, 0.15) is 46.6 Å². The number of benzene rings is 2. The number of carboxylic acids is 1. The van der Waals surface area contributed by atoms with Gasteiger partial charge in [0.25, 0.3) is 0 Å². The van der Waals surface area contributed by atoms with Gasteiger partial charge in [-0.25, -0.2) is 24.1 Å². The van der Waals surface area contributed by atoms with E-state index in [2.05, 4.69) is 26.2 Å². The van der Waals surface area contributed by atoms with Gasteiger partial charge in [-0.2, -0.15) is 26.3 Å². The van der Waals surface area contributed by atoms with E-state index >= 15 is 4.39 Å². The lowest BCUT2D eigenvalue weighted by molar-refractivity contribution is -0.138. The number of carboxylic acid groups (broad SMARTS) is 1. The lowest BCUT2D eigenvalue weighted by atomic mass is 9.80. The van der Waals surface area contributed by atoms with Crippen LogP contribution >= 0.6 is 0 Å². The molecule has 2 aromatic carbocycles. The van der Waals surface area contributed by atoms with E-state index in [1.165, 1.54) is 4.57 Å². The van der Waals surface area contributed by atoms with E-state index < -0.39 is 52.7 Å². The van der Waals surface area contributed by atoms with Crippen molar-refractivity contribution in [2.24, 2.45) is 5.92 Å². The van der Waals surface area contributed by atoms with E-state index in [0.29, 0.717) is 18.2 Å². The Balaban J connectivity index is 1.75. The molecule has 0 spiro atoms. The van der Waals surface area contributed by atoms with Gasteiger partial charge < -0.3 is 15.0 Å². The fourth-order valence-electron chi connectivity index (χ4n) is 4.66. The van der Waals surface area contributed by atoms with E-state index in [0.717, 1.165) is 43.5 Å². The third-order valence-corrected chi connectivity index (χ3v) is 7.04. The third-order valence-electron chi connectivity index (χ3n) is 7.04. The molecule has 4 aromatic rings. The summed E-state index contributed by atoms with van der Waals surface area (Å²) in [6.45, 7) is -0.311. The van der Waals surface area contributed by atoms with Gasteiger partial charge in [0.15, 0.2) is 11.5 Å². The Morgan fingerprint density at radius 3 is 2.21 bits per heavy atom. The number of fused-ring (bicyclic) bond motifs is 1. The molecule has 1 fully saturated rings. The van der Waals surface area contributed by atoms with Crippen molar-refractivity contribution in [3.05, 3.63) is 70.8 Å². The highest BCUT2D eigenvalue weighted by atomic mass is 19.4. The quantitative estimate of drug-likeness (QED) is 0.185. The number of anilines is 1. The van der Waals surface area contributed by atoms with Crippen LogP contribution in [0.25, 0.3) is 22.6 Å². The molecule has 2 N–H and O–H groups in total. The SMILES string of the molecule is C#C[C@@H](Nc1nc(C(=O)O)nc2nc(-c3cc(C(F)(F)F)ccc3F)n(Cc3ccc(C(F)(F)F)cc3)c12)C1CCC1. The average Bonchev–Trinajstić information content (AvgIpc) is 3.24. The van der Waals surface area contributed by atoms with E-state index in [-0.39, 0.29) is 40.8 Å². The molecule has 1 atom stereocenters. The number of hydrogen-bond donors (Lipinski definition) is 2. The number of alkyl halides is 6. The summed E-state index contributed by atoms with van der Waals surface area (Å²) < 4.78 is 96.4. The van der Waals surface area contributed by atoms with Crippen LogP contribution in [0, 0.1) is 24.1 Å². The molecule has 218 valence electrons. The highest BCUT2D eigenvalue weighted by Gasteiger charge is 2.34. The fraction of sp³-hybridized carbons (Fsp3) is 0.286. The third kappa shape index (κ3) is 5.59. The first-order valence-electron chi connectivity index (χ1n) is 12.5. The molecule has 2 aromatic heterocycles. The van der Waals surface area contributed by atoms with Gasteiger partial charge in [-0.1, -0.05) is 24.5 Å². The van der Waals surface area contributed by atoms with Crippen LogP contribution < -0.4 is 5.32 Å². The predicted octanol–water partition coefficient (Wildman–Crippen LogP) is 6.63. The number of imidazole rings is 1. The van der Waals surface area contributed by atoms with E-state index in [1.54, 1.807) is 0 Å². The second-order valence-corrected chi connectivity index (χ2v) is 9.76. The number of nitrogens with one attached hydrogen (secondary N) is 1. The summed E-state index contributed by atoms with van der Waals surface area (Å²) >= 11 is 0. The Morgan fingerprint density at radius 2 is 1.67 bits per heavy atom. The molecule has 0 saturated heterocycles. The molecule has 0 radical (unpaired) electrons. The normalized spacial score (nSPS) is 14.8. The maximum absolute atomic E-state index is 15.1. The van der Waals surface area contributed by atoms with Gasteiger partial charge in [-0.05, 0) is 54.7 Å². The fourth-order valence-corrected chi connectivity index (χ4v) is 4.66. The molecule has 2 heterocycles. The maximum atomic E-state index is 15.1. The first-order valence-corrected chi connectivity index (χ1v) is 12.5. The first kappa shape index (κ1) is 28.8. The topological polar surface area (TPSA) is 92.9 Å². The molecule has 0 amide bonds. The van der Waals surface area contributed by atoms with Crippen molar-refractivity contribution in [1.29, 1.82) is 0 Å². The summed E-state index contributed by atoms with van der Waals surface area (Å²) in [7, 11) is 0. The number of aromatic carboxylic acids is 1. The standard InChI is InChI=1S/C28H20F7N5O2/c1-2-20(15-4-3-5-15)36-22-21-23(38-24(37-22)26(41)42)39-25(18-12-17(28(33,34)35)10-11-19(18)29)40(21)13-14-6-8-16(9-7-14)27(30,31)32/h1,6-12,15,20H,3-5,13H2,(H,41,42)(H,36,37,38)/t20-/m1/s1. The Morgan fingerprint density at radius 1 is 1.02 bits per heavy atom. The second kappa shape index (κ2) is 10.6. The molecule has 1 aliphatic carbocycles. The molecule has 0 unspecified atom stereocenters. The molecule has 0 aliphatic heterocycles. The summed E-state index contributed by atoms with van der Waals surface area (Å²) in [6.07, 6.45) is -1.24. The minimum absolute atomic E-state index is 0.0220. The van der Waals surface area contributed by atoms with Gasteiger partial charge in [0.2, 0.25) is 5.82 Å². The Kier molecular flexibility index (Phi) is 7.30. The van der Waals surface area contributed by atoms with Gasteiger partial charge >= 0.3 is 18.3 Å². The van der Waals surface area contributed by atoms with E-state index in [4.69, 9.17) is 6.42 Å². The van der Waals surface area contributed by atoms with Crippen molar-refractivity contribution in [2.75, 3.05) is 5.32 Å². The van der Waals surface area contributed by atoms with Crippen LogP contribution in [-0.4, -0.2) is 36.6 Å². The number of terminal acetylenes is 1. The predicted molar refractivity (Wildman–Crippen MR) is 137 cm³/mol. The zero-order chi connectivity index (χ0) is 30.4. The van der Waals surface area contributed by atoms with Crippen LogP contribution in [0.3, 0.4) is 0 Å². The number of rotatable bonds is 7. The summed E-state index contributed by atoms with van der Waals surface area (Å²) in [6, 6.07) is 5.03. The Labute approximate surface area is 233 Å². The largest absolute Gasteiger partial charge is 0.475 e. The zero-order valence-electron chi connectivity index (χ0n) is 21.4. The molecule has 42 heavy (non-hydrogen) atoms. The highest BCUT2D eigenvalue weighted by Crippen LogP contribution is 2.37. The number of nitrogens with zero attached hydrogens (tertiary/aromatic N) is 4. The van der Waals surface area contributed by atoms with Crippen molar-refractivity contribution in [3.8, 4) is 23.7 Å². The number of hydrogen-bond acceptors (Lipinski definition) is 5. The first-order chi connectivity index (χ1) is 19.8. The summed E-state index contributed by atoms with van der Waals surface area (Å²) in [5.41, 5.74) is -2.78. The maximum Gasteiger partial charge on any atom is 0.416 e. The summed E-state index contributed by atoms with van der Waals surface area (Å²) in [4.78, 5) is 24.0. The number of halogens is 7. The van der Waals surface area contributed by atoms with Crippen LogP contribution in [0.15, 0.2) is 42.5 Å². The molecule has 7 nitrogen and oxygen atoms in total. The van der Waals surface area contributed by atoms with Crippen molar-refractivity contribution >= 4 is 23.0 Å². The van der Waals surface area contributed by atoms with Crippen molar-refractivity contribution < 1.29 is 40.6 Å². The smallest absolute Gasteiger partial charge is 0.416 e. The van der Waals surface area contributed by atoms with Gasteiger partial charge in [0.05, 0.1) is 22.7 Å². The number of carbonyl (C=O) groups is 1. The van der Waals surface area contributed by atoms with Crippen molar-refractivity contribution in [3.63, 3.8) is 0 Å². The zero-order valence-corrected chi connectivity index (χ0v) is 21.4. The van der Waals surface area contributed by atoms with E-state index in [1.807, 2.05) is 0 Å². The number of aromatic nitrogens is 4. The molecule has 5 rings (SSSR count).